The molecule has 1 aromatic carbocycles. The van der Waals surface area contributed by atoms with Gasteiger partial charge in [0, 0.05) is 6.54 Å². The summed E-state index contributed by atoms with van der Waals surface area (Å²) in [5, 5.41) is 12.1. The quantitative estimate of drug-likeness (QED) is 0.834. The fourth-order valence-electron chi connectivity index (χ4n) is 1.73. The van der Waals surface area contributed by atoms with Gasteiger partial charge in [-0.05, 0) is 23.8 Å². The third-order valence-corrected chi connectivity index (χ3v) is 2.75. The molecule has 5 heteroatoms. The van der Waals surface area contributed by atoms with E-state index in [1.807, 2.05) is 24.3 Å². The lowest BCUT2D eigenvalue weighted by molar-refractivity contribution is 0.0694. The Kier molecular flexibility index (Phi) is 4.20. The Labute approximate surface area is 110 Å². The lowest BCUT2D eigenvalue weighted by Gasteiger charge is -2.05. The van der Waals surface area contributed by atoms with Gasteiger partial charge in [0.15, 0.2) is 0 Å². The van der Waals surface area contributed by atoms with Crippen molar-refractivity contribution in [3.05, 3.63) is 53.5 Å². The summed E-state index contributed by atoms with van der Waals surface area (Å²) in [6, 6.07) is 9.12. The number of furan rings is 1. The lowest BCUT2D eigenvalue weighted by atomic mass is 10.2. The largest absolute Gasteiger partial charge is 0.497 e. The molecule has 5 nitrogen and oxygen atoms in total. The van der Waals surface area contributed by atoms with Crippen LogP contribution in [-0.2, 0) is 13.1 Å². The molecule has 2 rings (SSSR count). The van der Waals surface area contributed by atoms with E-state index < -0.39 is 5.97 Å². The first-order valence-electron chi connectivity index (χ1n) is 5.84. The molecule has 0 amide bonds. The molecule has 0 saturated heterocycles. The van der Waals surface area contributed by atoms with Gasteiger partial charge in [-0.3, -0.25) is 0 Å². The molecule has 1 aromatic heterocycles. The second kappa shape index (κ2) is 6.06. The number of carbonyl (C=O) groups is 1. The first-order valence-corrected chi connectivity index (χ1v) is 5.84. The van der Waals surface area contributed by atoms with E-state index in [1.165, 1.54) is 12.3 Å². The lowest BCUT2D eigenvalue weighted by Crippen LogP contribution is -2.14. The van der Waals surface area contributed by atoms with Crippen LogP contribution < -0.4 is 10.1 Å². The van der Waals surface area contributed by atoms with Gasteiger partial charge in [0.25, 0.3) is 0 Å². The fourth-order valence-corrected chi connectivity index (χ4v) is 1.73. The van der Waals surface area contributed by atoms with E-state index in [2.05, 4.69) is 5.32 Å². The van der Waals surface area contributed by atoms with Gasteiger partial charge >= 0.3 is 5.97 Å². The maximum atomic E-state index is 10.9. The second-order valence-electron chi connectivity index (χ2n) is 4.01. The summed E-state index contributed by atoms with van der Waals surface area (Å²) in [7, 11) is 1.62. The number of hydrogen-bond donors (Lipinski definition) is 2. The van der Waals surface area contributed by atoms with Crippen LogP contribution in [0, 0.1) is 0 Å². The molecule has 0 spiro atoms. The van der Waals surface area contributed by atoms with Crippen LogP contribution in [0.4, 0.5) is 0 Å². The summed E-state index contributed by atoms with van der Waals surface area (Å²) in [4.78, 5) is 10.9. The minimum absolute atomic E-state index is 0.197. The Balaban J connectivity index is 1.89. The highest BCUT2D eigenvalue weighted by Crippen LogP contribution is 2.12. The second-order valence-corrected chi connectivity index (χ2v) is 4.01. The Morgan fingerprint density at radius 3 is 2.63 bits per heavy atom. The Morgan fingerprint density at radius 2 is 2.00 bits per heavy atom. The van der Waals surface area contributed by atoms with Crippen molar-refractivity contribution in [1.29, 1.82) is 0 Å². The van der Waals surface area contributed by atoms with Gasteiger partial charge in [0.2, 0.25) is 0 Å². The molecule has 0 aliphatic carbocycles. The third-order valence-electron chi connectivity index (χ3n) is 2.75. The first kappa shape index (κ1) is 13.2. The van der Waals surface area contributed by atoms with Crippen molar-refractivity contribution in [3.63, 3.8) is 0 Å². The van der Waals surface area contributed by atoms with Gasteiger partial charge in [-0.25, -0.2) is 4.79 Å². The molecule has 2 N–H and O–H groups in total. The molecule has 2 aromatic rings. The Hall–Kier alpha value is -2.27. The minimum Gasteiger partial charge on any atom is -0.497 e. The van der Waals surface area contributed by atoms with Crippen LogP contribution in [-0.4, -0.2) is 18.2 Å². The van der Waals surface area contributed by atoms with Crippen molar-refractivity contribution in [2.75, 3.05) is 7.11 Å². The standard InChI is InChI=1S/C14H15NO4/c1-18-11-4-2-10(3-5-11)8-15-9-13-12(14(16)17)6-7-19-13/h2-7,15H,8-9H2,1H3,(H,16,17). The molecule has 19 heavy (non-hydrogen) atoms. The van der Waals surface area contributed by atoms with Gasteiger partial charge < -0.3 is 19.6 Å². The van der Waals surface area contributed by atoms with E-state index >= 15 is 0 Å². The Morgan fingerprint density at radius 1 is 1.26 bits per heavy atom. The molecule has 0 fully saturated rings. The molecule has 0 bridgehead atoms. The highest BCUT2D eigenvalue weighted by Gasteiger charge is 2.12. The Bertz CT molecular complexity index is 545. The van der Waals surface area contributed by atoms with Crippen LogP contribution in [0.3, 0.4) is 0 Å². The number of hydrogen-bond acceptors (Lipinski definition) is 4. The summed E-state index contributed by atoms with van der Waals surface area (Å²) in [5.74, 6) is 0.263. The van der Waals surface area contributed by atoms with Gasteiger partial charge in [0.1, 0.15) is 17.1 Å². The number of methoxy groups -OCH3 is 1. The van der Waals surface area contributed by atoms with E-state index in [-0.39, 0.29) is 5.56 Å². The average molecular weight is 261 g/mol. The monoisotopic (exact) mass is 261 g/mol. The number of aromatic carboxylic acids is 1. The normalized spacial score (nSPS) is 10.4. The van der Waals surface area contributed by atoms with Crippen molar-refractivity contribution in [2.45, 2.75) is 13.1 Å². The first-order chi connectivity index (χ1) is 9.20. The summed E-state index contributed by atoms with van der Waals surface area (Å²) in [5.41, 5.74) is 1.28. The molecular formula is C14H15NO4. The number of carboxylic acid groups (broad SMARTS) is 1. The molecule has 0 aliphatic rings. The fraction of sp³-hybridized carbons (Fsp3) is 0.214. The average Bonchev–Trinajstić information content (AvgIpc) is 2.88. The summed E-state index contributed by atoms with van der Waals surface area (Å²) in [6.45, 7) is 1.00. The van der Waals surface area contributed by atoms with Crippen molar-refractivity contribution in [3.8, 4) is 5.75 Å². The van der Waals surface area contributed by atoms with Gasteiger partial charge in [-0.1, -0.05) is 12.1 Å². The number of benzene rings is 1. The van der Waals surface area contributed by atoms with Crippen molar-refractivity contribution in [1.82, 2.24) is 5.32 Å². The number of carboxylic acids is 1. The SMILES string of the molecule is COc1ccc(CNCc2occc2C(=O)O)cc1. The van der Waals surface area contributed by atoms with Crippen LogP contribution in [0.2, 0.25) is 0 Å². The molecule has 1 heterocycles. The summed E-state index contributed by atoms with van der Waals surface area (Å²) >= 11 is 0. The molecule has 0 atom stereocenters. The van der Waals surface area contributed by atoms with Crippen molar-refractivity contribution >= 4 is 5.97 Å². The molecule has 0 saturated carbocycles. The molecule has 0 unspecified atom stereocenters. The van der Waals surface area contributed by atoms with E-state index in [0.717, 1.165) is 11.3 Å². The van der Waals surface area contributed by atoms with Crippen molar-refractivity contribution in [2.24, 2.45) is 0 Å². The van der Waals surface area contributed by atoms with E-state index in [1.54, 1.807) is 7.11 Å². The maximum Gasteiger partial charge on any atom is 0.339 e. The summed E-state index contributed by atoms with van der Waals surface area (Å²) < 4.78 is 10.2. The van der Waals surface area contributed by atoms with Crippen molar-refractivity contribution < 1.29 is 19.1 Å². The van der Waals surface area contributed by atoms with Gasteiger partial charge in [-0.2, -0.15) is 0 Å². The van der Waals surface area contributed by atoms with Crippen LogP contribution in [0.15, 0.2) is 41.0 Å². The maximum absolute atomic E-state index is 10.9. The van der Waals surface area contributed by atoms with E-state index in [0.29, 0.717) is 18.8 Å². The topological polar surface area (TPSA) is 71.7 Å². The zero-order valence-electron chi connectivity index (χ0n) is 10.6. The highest BCUT2D eigenvalue weighted by molar-refractivity contribution is 5.88. The van der Waals surface area contributed by atoms with Gasteiger partial charge in [0.05, 0.1) is 19.9 Å². The van der Waals surface area contributed by atoms with Crippen LogP contribution in [0.25, 0.3) is 0 Å². The van der Waals surface area contributed by atoms with E-state index in [9.17, 15) is 4.79 Å². The third kappa shape index (κ3) is 3.35. The van der Waals surface area contributed by atoms with Gasteiger partial charge in [-0.15, -0.1) is 0 Å². The van der Waals surface area contributed by atoms with Crippen LogP contribution >= 0.6 is 0 Å². The zero-order chi connectivity index (χ0) is 13.7. The molecule has 0 aliphatic heterocycles. The highest BCUT2D eigenvalue weighted by atomic mass is 16.5. The number of nitrogens with one attached hydrogen (secondary N) is 1. The molecule has 0 radical (unpaired) electrons. The molecule has 100 valence electrons. The predicted octanol–water partition coefficient (Wildman–Crippen LogP) is 2.28. The molecular weight excluding hydrogens is 246 g/mol. The minimum atomic E-state index is -0.977. The smallest absolute Gasteiger partial charge is 0.339 e. The van der Waals surface area contributed by atoms with Crippen LogP contribution in [0.1, 0.15) is 21.7 Å². The number of ether oxygens (including phenoxy) is 1. The predicted molar refractivity (Wildman–Crippen MR) is 69.2 cm³/mol. The van der Waals surface area contributed by atoms with Crippen LogP contribution in [0.5, 0.6) is 5.75 Å². The number of rotatable bonds is 6. The van der Waals surface area contributed by atoms with E-state index in [4.69, 9.17) is 14.3 Å². The summed E-state index contributed by atoms with van der Waals surface area (Å²) in [6.07, 6.45) is 1.38. The zero-order valence-corrected chi connectivity index (χ0v) is 10.6.